The van der Waals surface area contributed by atoms with Crippen molar-refractivity contribution in [3.8, 4) is 0 Å². The third kappa shape index (κ3) is 7.93. The van der Waals surface area contributed by atoms with Crippen molar-refractivity contribution in [2.75, 3.05) is 54.7 Å². The van der Waals surface area contributed by atoms with E-state index in [1.807, 2.05) is 11.9 Å². The van der Waals surface area contributed by atoms with E-state index < -0.39 is 8.80 Å². The van der Waals surface area contributed by atoms with E-state index in [1.165, 1.54) is 0 Å². The van der Waals surface area contributed by atoms with E-state index in [2.05, 4.69) is 0 Å². The minimum absolute atomic E-state index is 0.0617. The van der Waals surface area contributed by atoms with Gasteiger partial charge in [-0.3, -0.25) is 4.79 Å². The molecule has 0 aliphatic heterocycles. The highest BCUT2D eigenvalue weighted by Gasteiger charge is 2.36. The second kappa shape index (κ2) is 11.2. The van der Waals surface area contributed by atoms with Crippen LogP contribution in [-0.2, 0) is 22.8 Å². The summed E-state index contributed by atoms with van der Waals surface area (Å²) in [7, 11) is 4.24. The Morgan fingerprint density at radius 2 is 1.75 bits per heavy atom. The van der Waals surface area contributed by atoms with Crippen LogP contribution in [0.15, 0.2) is 0 Å². The highest BCUT2D eigenvalue weighted by molar-refractivity contribution is 6.60. The summed E-state index contributed by atoms with van der Waals surface area (Å²) in [5, 5.41) is 8.54. The van der Waals surface area contributed by atoms with Crippen LogP contribution in [0.3, 0.4) is 0 Å². The van der Waals surface area contributed by atoms with Gasteiger partial charge in [0.15, 0.2) is 0 Å². The molecule has 0 atom stereocenters. The van der Waals surface area contributed by atoms with Gasteiger partial charge in [-0.1, -0.05) is 0 Å². The van der Waals surface area contributed by atoms with Gasteiger partial charge in [0, 0.05) is 33.9 Å². The Hall–Kier alpha value is -0.513. The second-order valence-electron chi connectivity index (χ2n) is 4.40. The Morgan fingerprint density at radius 1 is 1.15 bits per heavy atom. The van der Waals surface area contributed by atoms with Crippen LogP contribution in [-0.4, -0.2) is 79.5 Å². The van der Waals surface area contributed by atoms with Crippen molar-refractivity contribution in [2.24, 2.45) is 0 Å². The number of carbonyl (C=O) groups excluding carboxylic acids is 1. The summed E-state index contributed by atoms with van der Waals surface area (Å²) in [4.78, 5) is 13.3. The van der Waals surface area contributed by atoms with Gasteiger partial charge in [-0.05, 0) is 20.0 Å². The molecule has 0 aliphatic rings. The smallest absolute Gasteiger partial charge is 0.463 e. The molecule has 0 aromatic rings. The molecule has 0 aliphatic carbocycles. The number of nitrogens with zero attached hydrogens (tertiary/aromatic N) is 1. The number of hydrogen-bond acceptors (Lipinski definition) is 7. The van der Waals surface area contributed by atoms with E-state index in [1.54, 1.807) is 21.3 Å². The van der Waals surface area contributed by atoms with Crippen molar-refractivity contribution >= 4 is 14.8 Å². The van der Waals surface area contributed by atoms with Crippen molar-refractivity contribution < 1.29 is 27.9 Å². The van der Waals surface area contributed by atoms with Crippen molar-refractivity contribution in [3.63, 3.8) is 0 Å². The fraction of sp³-hybridized carbons (Fsp3) is 0.917. The van der Waals surface area contributed by atoms with Crippen LogP contribution in [0, 0.1) is 0 Å². The van der Waals surface area contributed by atoms with E-state index in [9.17, 15) is 4.79 Å². The average molecular weight is 309 g/mol. The van der Waals surface area contributed by atoms with E-state index in [-0.39, 0.29) is 19.2 Å². The molecule has 0 bridgehead atoms. The van der Waals surface area contributed by atoms with Gasteiger partial charge in [0.1, 0.15) is 6.61 Å². The molecule has 0 unspecified atom stereocenters. The van der Waals surface area contributed by atoms with Gasteiger partial charge in [0.2, 0.25) is 0 Å². The average Bonchev–Trinajstić information content (AvgIpc) is 2.48. The summed E-state index contributed by atoms with van der Waals surface area (Å²) in [5.41, 5.74) is 0. The lowest BCUT2D eigenvalue weighted by Crippen LogP contribution is -2.43. The maximum absolute atomic E-state index is 11.3. The first kappa shape index (κ1) is 19.5. The van der Waals surface area contributed by atoms with Gasteiger partial charge in [-0.15, -0.1) is 0 Å². The zero-order valence-electron chi connectivity index (χ0n) is 12.9. The number of aliphatic hydroxyl groups is 1. The first-order chi connectivity index (χ1) is 9.53. The zero-order valence-corrected chi connectivity index (χ0v) is 13.9. The third-order valence-electron chi connectivity index (χ3n) is 3.01. The van der Waals surface area contributed by atoms with E-state index >= 15 is 0 Å². The number of hydrogen-bond donors (Lipinski definition) is 1. The Morgan fingerprint density at radius 3 is 2.25 bits per heavy atom. The van der Waals surface area contributed by atoms with Gasteiger partial charge in [0.05, 0.1) is 13.0 Å². The molecular weight excluding hydrogens is 282 g/mol. The topological polar surface area (TPSA) is 77.5 Å². The summed E-state index contributed by atoms with van der Waals surface area (Å²) in [6.45, 7) is 1.36. The summed E-state index contributed by atoms with van der Waals surface area (Å²) < 4.78 is 20.8. The predicted octanol–water partition coefficient (Wildman–Crippen LogP) is 0.112. The van der Waals surface area contributed by atoms with Gasteiger partial charge >= 0.3 is 14.8 Å². The Labute approximate surface area is 122 Å². The predicted molar refractivity (Wildman–Crippen MR) is 76.4 cm³/mol. The van der Waals surface area contributed by atoms with Crippen molar-refractivity contribution in [1.82, 2.24) is 4.90 Å². The molecule has 7 nitrogen and oxygen atoms in total. The Balaban J connectivity index is 3.82. The van der Waals surface area contributed by atoms with Crippen molar-refractivity contribution in [3.05, 3.63) is 0 Å². The van der Waals surface area contributed by atoms with Crippen LogP contribution in [0.4, 0.5) is 0 Å². The SMILES string of the molecule is CO[Si](CCCN(C)CCC(=O)OCCO)(OC)OC. The van der Waals surface area contributed by atoms with Crippen molar-refractivity contribution in [2.45, 2.75) is 18.9 Å². The summed E-state index contributed by atoms with van der Waals surface area (Å²) >= 11 is 0. The lowest BCUT2D eigenvalue weighted by Gasteiger charge is -2.25. The number of rotatable bonds is 12. The first-order valence-corrected chi connectivity index (χ1v) is 8.57. The highest BCUT2D eigenvalue weighted by Crippen LogP contribution is 2.15. The maximum Gasteiger partial charge on any atom is 0.500 e. The fourth-order valence-corrected chi connectivity index (χ4v) is 3.45. The minimum Gasteiger partial charge on any atom is -0.463 e. The Bertz CT molecular complexity index is 254. The fourth-order valence-electron chi connectivity index (χ4n) is 1.75. The van der Waals surface area contributed by atoms with Crippen LogP contribution in [0.5, 0.6) is 0 Å². The van der Waals surface area contributed by atoms with Gasteiger partial charge in [0.25, 0.3) is 0 Å². The number of ether oxygens (including phenoxy) is 1. The molecule has 0 amide bonds. The summed E-state index contributed by atoms with van der Waals surface area (Å²) in [6.07, 6.45) is 1.18. The number of carbonyl (C=O) groups is 1. The molecule has 1 N–H and O–H groups in total. The minimum atomic E-state index is -2.49. The van der Waals surface area contributed by atoms with E-state index in [4.69, 9.17) is 23.1 Å². The van der Waals surface area contributed by atoms with Crippen LogP contribution in [0.1, 0.15) is 12.8 Å². The summed E-state index contributed by atoms with van der Waals surface area (Å²) in [5.74, 6) is -0.291. The standard InChI is InChI=1S/C12H27NO6Si/c1-13(8-6-12(15)19-10-9-14)7-5-11-20(16-2,17-3)18-4/h14H,5-11H2,1-4H3. The third-order valence-corrected chi connectivity index (χ3v) is 5.84. The summed E-state index contributed by atoms with van der Waals surface area (Å²) in [6, 6.07) is 0.732. The lowest BCUT2D eigenvalue weighted by atomic mass is 10.3. The lowest BCUT2D eigenvalue weighted by molar-refractivity contribution is -0.144. The van der Waals surface area contributed by atoms with Crippen LogP contribution >= 0.6 is 0 Å². The Kier molecular flexibility index (Phi) is 10.9. The maximum atomic E-state index is 11.3. The largest absolute Gasteiger partial charge is 0.500 e. The van der Waals surface area contributed by atoms with Crippen LogP contribution in [0.2, 0.25) is 6.04 Å². The monoisotopic (exact) mass is 309 g/mol. The second-order valence-corrected chi connectivity index (χ2v) is 7.49. The molecule has 0 fully saturated rings. The molecule has 8 heteroatoms. The molecule has 0 aromatic heterocycles. The molecule has 0 radical (unpaired) electrons. The van der Waals surface area contributed by atoms with Crippen molar-refractivity contribution in [1.29, 1.82) is 0 Å². The zero-order chi connectivity index (χ0) is 15.4. The van der Waals surface area contributed by atoms with E-state index in [0.717, 1.165) is 19.0 Å². The molecule has 120 valence electrons. The molecular formula is C12H27NO6Si. The molecule has 0 heterocycles. The quantitative estimate of drug-likeness (QED) is 0.405. The molecule has 0 saturated heterocycles. The molecule has 0 rings (SSSR count). The van der Waals surface area contributed by atoms with Gasteiger partial charge in [-0.25, -0.2) is 0 Å². The molecule has 0 spiro atoms. The molecule has 20 heavy (non-hydrogen) atoms. The van der Waals surface area contributed by atoms with Gasteiger partial charge < -0.3 is 28.0 Å². The first-order valence-electron chi connectivity index (χ1n) is 6.64. The van der Waals surface area contributed by atoms with E-state index in [0.29, 0.717) is 13.0 Å². The normalized spacial score (nSPS) is 11.9. The van der Waals surface area contributed by atoms with Crippen LogP contribution < -0.4 is 0 Å². The number of esters is 1. The molecule has 0 saturated carbocycles. The molecule has 0 aromatic carbocycles. The number of aliphatic hydroxyl groups excluding tert-OH is 1. The highest BCUT2D eigenvalue weighted by atomic mass is 28.4. The van der Waals surface area contributed by atoms with Crippen LogP contribution in [0.25, 0.3) is 0 Å². The van der Waals surface area contributed by atoms with Gasteiger partial charge in [-0.2, -0.15) is 0 Å².